The van der Waals surface area contributed by atoms with Gasteiger partial charge in [-0.1, -0.05) is 48.5 Å². The third-order valence-corrected chi connectivity index (χ3v) is 5.24. The first-order valence-electron chi connectivity index (χ1n) is 9.54. The van der Waals surface area contributed by atoms with Crippen LogP contribution in [0.2, 0.25) is 0 Å². The Labute approximate surface area is 164 Å². The maximum Gasteiger partial charge on any atom is 0.239 e. The van der Waals surface area contributed by atoms with Crippen LogP contribution in [0.5, 0.6) is 0 Å². The van der Waals surface area contributed by atoms with Crippen molar-refractivity contribution >= 4 is 17.5 Å². The van der Waals surface area contributed by atoms with Gasteiger partial charge in [-0.3, -0.25) is 14.5 Å². The lowest BCUT2D eigenvalue weighted by atomic mass is 10.1. The lowest BCUT2D eigenvalue weighted by Crippen LogP contribution is -2.66. The molecule has 0 bridgehead atoms. The highest BCUT2D eigenvalue weighted by atomic mass is 16.2. The Hall–Kier alpha value is -2.90. The number of nitrogens with one attached hydrogen (secondary N) is 1. The second-order valence-corrected chi connectivity index (χ2v) is 7.22. The van der Waals surface area contributed by atoms with Crippen LogP contribution >= 0.6 is 0 Å². The molecule has 0 aliphatic carbocycles. The minimum Gasteiger partial charge on any atom is -0.369 e. The van der Waals surface area contributed by atoms with Crippen molar-refractivity contribution in [3.05, 3.63) is 65.7 Å². The molecule has 1 fully saturated rings. The summed E-state index contributed by atoms with van der Waals surface area (Å²) >= 11 is 0. The number of anilines is 1. The van der Waals surface area contributed by atoms with Gasteiger partial charge in [-0.15, -0.1) is 0 Å². The van der Waals surface area contributed by atoms with E-state index < -0.39 is 5.91 Å². The normalized spacial score (nSPS) is 20.1. The van der Waals surface area contributed by atoms with Crippen molar-refractivity contribution in [3.8, 4) is 0 Å². The lowest BCUT2D eigenvalue weighted by Gasteiger charge is -2.51. The minimum absolute atomic E-state index is 0.0307. The molecule has 28 heavy (non-hydrogen) atoms. The highest BCUT2D eigenvalue weighted by Crippen LogP contribution is 2.34. The van der Waals surface area contributed by atoms with Crippen LogP contribution in [0.4, 0.5) is 5.69 Å². The van der Waals surface area contributed by atoms with Gasteiger partial charge in [0.05, 0.1) is 13.1 Å². The van der Waals surface area contributed by atoms with Crippen LogP contribution in [-0.2, 0) is 22.7 Å². The van der Waals surface area contributed by atoms with E-state index in [0.717, 1.165) is 23.4 Å². The molecule has 2 aliphatic heterocycles. The van der Waals surface area contributed by atoms with Gasteiger partial charge in [0.1, 0.15) is 0 Å². The van der Waals surface area contributed by atoms with Crippen LogP contribution in [0, 0.1) is 0 Å². The van der Waals surface area contributed by atoms with Crippen molar-refractivity contribution in [2.75, 3.05) is 31.1 Å². The summed E-state index contributed by atoms with van der Waals surface area (Å²) in [6.45, 7) is 2.93. The predicted octanol–water partition coefficient (Wildman–Crippen LogP) is 0.709. The third kappa shape index (κ3) is 3.72. The molecule has 2 aromatic rings. The summed E-state index contributed by atoms with van der Waals surface area (Å²) < 4.78 is 0. The van der Waals surface area contributed by atoms with Gasteiger partial charge in [-0.05, 0) is 17.2 Å². The number of nitrogens with zero attached hydrogens (tertiary/aromatic N) is 3. The van der Waals surface area contributed by atoms with E-state index in [0.29, 0.717) is 26.2 Å². The summed E-state index contributed by atoms with van der Waals surface area (Å²) in [5.41, 5.74) is 8.91. The summed E-state index contributed by atoms with van der Waals surface area (Å²) in [5.74, 6) is -0.366. The fraction of sp³-hybridized carbons (Fsp3) is 0.333. The summed E-state index contributed by atoms with van der Waals surface area (Å²) in [5, 5.41) is 3.12. The molecule has 0 aromatic heterocycles. The topological polar surface area (TPSA) is 81.9 Å². The Balaban J connectivity index is 1.77. The van der Waals surface area contributed by atoms with Crippen LogP contribution in [-0.4, -0.2) is 54.1 Å². The number of rotatable bonds is 5. The first kappa shape index (κ1) is 18.5. The fourth-order valence-electron chi connectivity index (χ4n) is 4.06. The maximum atomic E-state index is 12.7. The molecule has 1 saturated heterocycles. The van der Waals surface area contributed by atoms with Crippen molar-refractivity contribution in [1.82, 2.24) is 15.1 Å². The molecular weight excluding hydrogens is 354 g/mol. The number of benzene rings is 2. The number of hydrogen-bond acceptors (Lipinski definition) is 5. The Morgan fingerprint density at radius 1 is 1.11 bits per heavy atom. The van der Waals surface area contributed by atoms with Crippen LogP contribution in [0.1, 0.15) is 11.1 Å². The third-order valence-electron chi connectivity index (χ3n) is 5.24. The Morgan fingerprint density at radius 2 is 1.86 bits per heavy atom. The summed E-state index contributed by atoms with van der Waals surface area (Å²) in [6, 6.07) is 18.3. The number of fused-ring (bicyclic) bond motifs is 1. The summed E-state index contributed by atoms with van der Waals surface area (Å²) in [4.78, 5) is 30.6. The zero-order valence-electron chi connectivity index (χ0n) is 15.8. The molecular formula is C21H25N5O2. The van der Waals surface area contributed by atoms with E-state index in [1.165, 1.54) is 0 Å². The quantitative estimate of drug-likeness (QED) is 0.800. The van der Waals surface area contributed by atoms with Crippen molar-refractivity contribution < 1.29 is 9.59 Å². The molecule has 7 heteroatoms. The number of carbonyl (C=O) groups excluding carboxylic acids is 2. The van der Waals surface area contributed by atoms with Gasteiger partial charge >= 0.3 is 0 Å². The van der Waals surface area contributed by atoms with Crippen LogP contribution in [0.3, 0.4) is 0 Å². The van der Waals surface area contributed by atoms with Crippen LogP contribution in [0.15, 0.2) is 54.6 Å². The second-order valence-electron chi connectivity index (χ2n) is 7.22. The molecule has 2 aromatic carbocycles. The van der Waals surface area contributed by atoms with Crippen LogP contribution < -0.4 is 16.0 Å². The highest BCUT2D eigenvalue weighted by molar-refractivity contribution is 5.80. The molecule has 0 radical (unpaired) electrons. The van der Waals surface area contributed by atoms with E-state index in [1.54, 1.807) is 0 Å². The molecule has 1 unspecified atom stereocenters. The van der Waals surface area contributed by atoms with Gasteiger partial charge in [0.25, 0.3) is 0 Å². The molecule has 4 rings (SSSR count). The first-order chi connectivity index (χ1) is 13.6. The Kier molecular flexibility index (Phi) is 5.27. The average molecular weight is 379 g/mol. The molecule has 2 heterocycles. The highest BCUT2D eigenvalue weighted by Gasteiger charge is 2.39. The van der Waals surface area contributed by atoms with Crippen molar-refractivity contribution in [1.29, 1.82) is 0 Å². The van der Waals surface area contributed by atoms with Crippen molar-refractivity contribution in [2.24, 2.45) is 5.73 Å². The predicted molar refractivity (Wildman–Crippen MR) is 107 cm³/mol. The molecule has 2 aliphatic rings. The van der Waals surface area contributed by atoms with E-state index in [-0.39, 0.29) is 18.7 Å². The smallest absolute Gasteiger partial charge is 0.239 e. The van der Waals surface area contributed by atoms with E-state index in [1.807, 2.05) is 40.1 Å². The average Bonchev–Trinajstić information content (AvgIpc) is 2.69. The molecule has 7 nitrogen and oxygen atoms in total. The second kappa shape index (κ2) is 8.00. The lowest BCUT2D eigenvalue weighted by molar-refractivity contribution is -0.141. The first-order valence-corrected chi connectivity index (χ1v) is 9.54. The molecule has 3 N–H and O–H groups in total. The SMILES string of the molecule is NC(=O)CN1Cc2ccccc2N(Cc2ccccc2)C1N1CCNCC1=O. The summed E-state index contributed by atoms with van der Waals surface area (Å²) in [7, 11) is 0. The molecule has 146 valence electrons. The number of piperazine rings is 1. The Morgan fingerprint density at radius 3 is 2.61 bits per heavy atom. The number of amides is 2. The van der Waals surface area contributed by atoms with Gasteiger partial charge in [0.2, 0.25) is 11.8 Å². The summed E-state index contributed by atoms with van der Waals surface area (Å²) in [6.07, 6.45) is -0.350. The van der Waals surface area contributed by atoms with E-state index in [9.17, 15) is 9.59 Å². The van der Waals surface area contributed by atoms with Gasteiger partial charge in [-0.2, -0.15) is 0 Å². The maximum absolute atomic E-state index is 12.7. The zero-order valence-corrected chi connectivity index (χ0v) is 15.8. The van der Waals surface area contributed by atoms with E-state index >= 15 is 0 Å². The van der Waals surface area contributed by atoms with Crippen molar-refractivity contribution in [2.45, 2.75) is 19.4 Å². The molecule has 1 atom stereocenters. The number of primary amides is 1. The van der Waals surface area contributed by atoms with Crippen LogP contribution in [0.25, 0.3) is 0 Å². The number of para-hydroxylation sites is 1. The molecule has 0 spiro atoms. The fourth-order valence-corrected chi connectivity index (χ4v) is 4.06. The standard InChI is InChI=1S/C21H25N5O2/c22-19(27)15-24-14-17-8-4-5-9-18(17)26(13-16-6-2-1-3-7-16)21(24)25-11-10-23-12-20(25)28/h1-9,21,23H,10-15H2,(H2,22,27). The van der Waals surface area contributed by atoms with Gasteiger partial charge < -0.3 is 20.9 Å². The monoisotopic (exact) mass is 379 g/mol. The number of hydrogen-bond donors (Lipinski definition) is 2. The number of nitrogens with two attached hydrogens (primary N) is 1. The van der Waals surface area contributed by atoms with E-state index in [4.69, 9.17) is 5.73 Å². The van der Waals surface area contributed by atoms with E-state index in [2.05, 4.69) is 34.5 Å². The molecule has 2 amide bonds. The van der Waals surface area contributed by atoms with Gasteiger partial charge in [0.15, 0.2) is 6.29 Å². The zero-order chi connectivity index (χ0) is 19.5. The largest absolute Gasteiger partial charge is 0.369 e. The number of carbonyl (C=O) groups is 2. The van der Waals surface area contributed by atoms with Gasteiger partial charge in [-0.25, -0.2) is 0 Å². The van der Waals surface area contributed by atoms with Crippen molar-refractivity contribution in [3.63, 3.8) is 0 Å². The Bertz CT molecular complexity index is 857. The van der Waals surface area contributed by atoms with Gasteiger partial charge in [0, 0.05) is 31.9 Å². The molecule has 0 saturated carbocycles. The minimum atomic E-state index is -0.397.